The fraction of sp³-hybridized carbons (Fsp3) is 0.600. The molecule has 1 aliphatic rings. The molecule has 0 heterocycles. The molecule has 2 nitrogen and oxygen atoms in total. The molecule has 0 aliphatic heterocycles. The summed E-state index contributed by atoms with van der Waals surface area (Å²) in [5, 5.41) is 0. The van der Waals surface area contributed by atoms with Crippen LogP contribution >= 0.6 is 0 Å². The van der Waals surface area contributed by atoms with Crippen molar-refractivity contribution in [1.29, 1.82) is 0 Å². The lowest BCUT2D eigenvalue weighted by atomic mass is 9.85. The number of para-hydroxylation sites is 1. The van der Waals surface area contributed by atoms with Gasteiger partial charge in [0, 0.05) is 12.2 Å². The maximum Gasteiger partial charge on any atom is 0.0346 e. The number of nitrogens with two attached hydrogens (primary N) is 1. The molecule has 0 bridgehead atoms. The van der Waals surface area contributed by atoms with Crippen LogP contribution in [0, 0.1) is 5.92 Å². The summed E-state index contributed by atoms with van der Waals surface area (Å²) >= 11 is 0. The highest BCUT2D eigenvalue weighted by atomic mass is 15.1. The van der Waals surface area contributed by atoms with Crippen molar-refractivity contribution < 1.29 is 0 Å². The quantitative estimate of drug-likeness (QED) is 0.764. The van der Waals surface area contributed by atoms with Crippen molar-refractivity contribution in [3.8, 4) is 0 Å². The van der Waals surface area contributed by atoms with Gasteiger partial charge in [-0.05, 0) is 56.8 Å². The average Bonchev–Trinajstić information content (AvgIpc) is 2.26. The molecule has 1 saturated carbocycles. The van der Waals surface area contributed by atoms with Gasteiger partial charge >= 0.3 is 0 Å². The molecular weight excluding hydrogens is 208 g/mol. The van der Waals surface area contributed by atoms with Gasteiger partial charge in [0.15, 0.2) is 0 Å². The molecule has 17 heavy (non-hydrogen) atoms. The molecule has 2 N–H and O–H groups in total. The van der Waals surface area contributed by atoms with Crippen LogP contribution in [0.3, 0.4) is 0 Å². The zero-order valence-electron chi connectivity index (χ0n) is 10.9. The van der Waals surface area contributed by atoms with Gasteiger partial charge in [-0.3, -0.25) is 0 Å². The second-order valence-corrected chi connectivity index (χ2v) is 5.36. The fourth-order valence-corrected chi connectivity index (χ4v) is 2.51. The van der Waals surface area contributed by atoms with E-state index in [2.05, 4.69) is 24.1 Å². The van der Waals surface area contributed by atoms with Gasteiger partial charge in [0.25, 0.3) is 0 Å². The minimum atomic E-state index is 0.939. The second-order valence-electron chi connectivity index (χ2n) is 5.36. The van der Waals surface area contributed by atoms with Crippen molar-refractivity contribution in [2.45, 2.75) is 32.1 Å². The summed E-state index contributed by atoms with van der Waals surface area (Å²) in [6.45, 7) is 2.47. The van der Waals surface area contributed by atoms with E-state index in [4.69, 9.17) is 5.73 Å². The summed E-state index contributed by atoms with van der Waals surface area (Å²) in [6, 6.07) is 8.21. The standard InChI is InChI=1S/C15H24N2/c1-17(12-13-6-4-7-13)11-5-9-14-8-2-3-10-15(14)16/h2-3,8,10,13H,4-7,9,11-12,16H2,1H3. The Kier molecular flexibility index (Phi) is 4.43. The summed E-state index contributed by atoms with van der Waals surface area (Å²) in [4.78, 5) is 2.48. The third-order valence-electron chi connectivity index (χ3n) is 3.84. The molecule has 0 spiro atoms. The largest absolute Gasteiger partial charge is 0.399 e. The predicted molar refractivity (Wildman–Crippen MR) is 74.0 cm³/mol. The van der Waals surface area contributed by atoms with Gasteiger partial charge in [0.1, 0.15) is 0 Å². The molecule has 0 amide bonds. The number of nitrogens with zero attached hydrogens (tertiary/aromatic N) is 1. The number of benzene rings is 1. The SMILES string of the molecule is CN(CCCc1ccccc1N)CC1CCC1. The topological polar surface area (TPSA) is 29.3 Å². The Hall–Kier alpha value is -1.02. The number of hydrogen-bond donors (Lipinski definition) is 1. The van der Waals surface area contributed by atoms with E-state index in [1.165, 1.54) is 44.3 Å². The Morgan fingerprint density at radius 2 is 2.06 bits per heavy atom. The Balaban J connectivity index is 1.66. The third-order valence-corrected chi connectivity index (χ3v) is 3.84. The van der Waals surface area contributed by atoms with Gasteiger partial charge in [-0.25, -0.2) is 0 Å². The first-order valence-electron chi connectivity index (χ1n) is 6.77. The van der Waals surface area contributed by atoms with Gasteiger partial charge in [-0.15, -0.1) is 0 Å². The van der Waals surface area contributed by atoms with Crippen LogP contribution in [0.5, 0.6) is 0 Å². The first-order chi connectivity index (χ1) is 8.25. The first-order valence-corrected chi connectivity index (χ1v) is 6.77. The maximum absolute atomic E-state index is 5.94. The summed E-state index contributed by atoms with van der Waals surface area (Å²) in [7, 11) is 2.24. The van der Waals surface area contributed by atoms with Gasteiger partial charge in [0.05, 0.1) is 0 Å². The van der Waals surface area contributed by atoms with E-state index >= 15 is 0 Å². The van der Waals surface area contributed by atoms with Gasteiger partial charge in [0.2, 0.25) is 0 Å². The smallest absolute Gasteiger partial charge is 0.0346 e. The molecule has 2 heteroatoms. The summed E-state index contributed by atoms with van der Waals surface area (Å²) < 4.78 is 0. The Bertz CT molecular complexity index is 345. The maximum atomic E-state index is 5.94. The third kappa shape index (κ3) is 3.74. The predicted octanol–water partition coefficient (Wildman–Crippen LogP) is 2.93. The Morgan fingerprint density at radius 3 is 2.71 bits per heavy atom. The molecule has 0 saturated heterocycles. The van der Waals surface area contributed by atoms with Crippen LogP contribution in [0.25, 0.3) is 0 Å². The van der Waals surface area contributed by atoms with Crippen LogP contribution in [0.2, 0.25) is 0 Å². The number of anilines is 1. The highest BCUT2D eigenvalue weighted by Gasteiger charge is 2.18. The zero-order valence-corrected chi connectivity index (χ0v) is 10.9. The highest BCUT2D eigenvalue weighted by molar-refractivity contribution is 5.46. The van der Waals surface area contributed by atoms with E-state index in [1.54, 1.807) is 0 Å². The molecule has 1 aromatic rings. The van der Waals surface area contributed by atoms with Crippen molar-refractivity contribution in [2.24, 2.45) is 5.92 Å². The molecule has 0 unspecified atom stereocenters. The molecule has 1 aromatic carbocycles. The van der Waals surface area contributed by atoms with Crippen LogP contribution in [0.1, 0.15) is 31.2 Å². The minimum absolute atomic E-state index is 0.939. The van der Waals surface area contributed by atoms with Crippen molar-refractivity contribution in [3.05, 3.63) is 29.8 Å². The Morgan fingerprint density at radius 1 is 1.29 bits per heavy atom. The lowest BCUT2D eigenvalue weighted by Gasteiger charge is -2.30. The number of hydrogen-bond acceptors (Lipinski definition) is 2. The molecule has 1 aliphatic carbocycles. The van der Waals surface area contributed by atoms with Crippen molar-refractivity contribution in [1.82, 2.24) is 4.90 Å². The van der Waals surface area contributed by atoms with Crippen molar-refractivity contribution in [3.63, 3.8) is 0 Å². The van der Waals surface area contributed by atoms with E-state index in [-0.39, 0.29) is 0 Å². The first kappa shape index (κ1) is 12.4. The molecule has 1 fully saturated rings. The zero-order chi connectivity index (χ0) is 12.1. The monoisotopic (exact) mass is 232 g/mol. The summed E-state index contributed by atoms with van der Waals surface area (Å²) in [5.41, 5.74) is 8.17. The van der Waals surface area contributed by atoms with Crippen LogP contribution in [-0.4, -0.2) is 25.0 Å². The second kappa shape index (κ2) is 6.06. The minimum Gasteiger partial charge on any atom is -0.399 e. The fourth-order valence-electron chi connectivity index (χ4n) is 2.51. The van der Waals surface area contributed by atoms with Crippen LogP contribution in [0.15, 0.2) is 24.3 Å². The van der Waals surface area contributed by atoms with E-state index in [9.17, 15) is 0 Å². The lowest BCUT2D eigenvalue weighted by molar-refractivity contribution is 0.204. The van der Waals surface area contributed by atoms with Crippen molar-refractivity contribution >= 4 is 5.69 Å². The molecule has 0 atom stereocenters. The number of rotatable bonds is 6. The van der Waals surface area contributed by atoms with Gasteiger partial charge < -0.3 is 10.6 Å². The number of aryl methyl sites for hydroxylation is 1. The molecular formula is C15H24N2. The van der Waals surface area contributed by atoms with E-state index < -0.39 is 0 Å². The normalized spacial score (nSPS) is 16.1. The van der Waals surface area contributed by atoms with Crippen LogP contribution in [-0.2, 0) is 6.42 Å². The lowest BCUT2D eigenvalue weighted by Crippen LogP contribution is -2.30. The van der Waals surface area contributed by atoms with Gasteiger partial charge in [-0.2, -0.15) is 0 Å². The molecule has 94 valence electrons. The summed E-state index contributed by atoms with van der Waals surface area (Å²) in [5.74, 6) is 0.974. The van der Waals surface area contributed by atoms with E-state index in [1.807, 2.05) is 12.1 Å². The Labute approximate surface area is 105 Å². The molecule has 0 radical (unpaired) electrons. The van der Waals surface area contributed by atoms with Crippen LogP contribution in [0.4, 0.5) is 5.69 Å². The van der Waals surface area contributed by atoms with E-state index in [0.717, 1.165) is 18.0 Å². The van der Waals surface area contributed by atoms with Crippen LogP contribution < -0.4 is 5.73 Å². The van der Waals surface area contributed by atoms with E-state index in [0.29, 0.717) is 0 Å². The average molecular weight is 232 g/mol. The summed E-state index contributed by atoms with van der Waals surface area (Å²) in [6.07, 6.45) is 6.63. The molecule has 2 rings (SSSR count). The highest BCUT2D eigenvalue weighted by Crippen LogP contribution is 2.26. The molecule has 0 aromatic heterocycles. The number of nitrogen functional groups attached to an aromatic ring is 1. The van der Waals surface area contributed by atoms with Gasteiger partial charge in [-0.1, -0.05) is 24.6 Å². The van der Waals surface area contributed by atoms with Crippen molar-refractivity contribution in [2.75, 3.05) is 25.9 Å².